The van der Waals surface area contributed by atoms with Crippen LogP contribution in [0, 0.1) is 0 Å². The molecule has 1 saturated heterocycles. The van der Waals surface area contributed by atoms with Crippen LogP contribution in [0.25, 0.3) is 0 Å². The summed E-state index contributed by atoms with van der Waals surface area (Å²) in [6, 6.07) is 1.92. The molecule has 0 bridgehead atoms. The molecule has 1 unspecified atom stereocenters. The zero-order valence-electron chi connectivity index (χ0n) is 8.30. The van der Waals surface area contributed by atoms with E-state index in [0.717, 1.165) is 5.56 Å². The number of nitrogens with zero attached hydrogens (tertiary/aromatic N) is 1. The molecule has 88 valence electrons. The smallest absolute Gasteiger partial charge is 0.237 e. The molecule has 1 fully saturated rings. The van der Waals surface area contributed by atoms with E-state index < -0.39 is 14.3 Å². The van der Waals surface area contributed by atoms with Gasteiger partial charge >= 0.3 is 0 Å². The first-order valence-electron chi connectivity index (χ1n) is 4.69. The van der Waals surface area contributed by atoms with Gasteiger partial charge in [-0.3, -0.25) is 4.79 Å². The molecule has 0 aromatic carbocycles. The maximum atomic E-state index is 11.6. The van der Waals surface area contributed by atoms with Gasteiger partial charge in [-0.05, 0) is 22.4 Å². The second-order valence-electron chi connectivity index (χ2n) is 3.71. The van der Waals surface area contributed by atoms with Crippen LogP contribution in [0.3, 0.4) is 0 Å². The van der Waals surface area contributed by atoms with Crippen LogP contribution in [-0.2, 0) is 20.4 Å². The van der Waals surface area contributed by atoms with Gasteiger partial charge in [0, 0.05) is 30.2 Å². The molecule has 1 aliphatic rings. The second-order valence-corrected chi connectivity index (χ2v) is 7.40. The maximum Gasteiger partial charge on any atom is 0.237 e. The van der Waals surface area contributed by atoms with Crippen LogP contribution in [0.4, 0.5) is 0 Å². The van der Waals surface area contributed by atoms with E-state index in [1.165, 1.54) is 4.90 Å². The third-order valence-corrected chi connectivity index (χ3v) is 5.13. The van der Waals surface area contributed by atoms with Crippen molar-refractivity contribution in [3.8, 4) is 0 Å². The molecule has 1 aromatic heterocycles. The lowest BCUT2D eigenvalue weighted by Gasteiger charge is -2.14. The number of carbonyl (C=O) groups excluding carboxylic acids is 1. The Morgan fingerprint density at radius 3 is 2.81 bits per heavy atom. The highest BCUT2D eigenvalue weighted by Crippen LogP contribution is 2.23. The van der Waals surface area contributed by atoms with Crippen LogP contribution in [0.5, 0.6) is 0 Å². The van der Waals surface area contributed by atoms with E-state index >= 15 is 0 Å². The first-order valence-corrected chi connectivity index (χ1v) is 8.00. The third kappa shape index (κ3) is 2.56. The van der Waals surface area contributed by atoms with Gasteiger partial charge in [-0.2, -0.15) is 11.3 Å². The number of thiophene rings is 1. The Morgan fingerprint density at radius 1 is 1.56 bits per heavy atom. The normalized spacial score (nSPS) is 21.7. The molecule has 1 amide bonds. The topological polar surface area (TPSA) is 54.5 Å². The quantitative estimate of drug-likeness (QED) is 0.787. The summed E-state index contributed by atoms with van der Waals surface area (Å²) in [6.45, 7) is 0.658. The zero-order valence-corrected chi connectivity index (χ0v) is 10.7. The van der Waals surface area contributed by atoms with E-state index in [-0.39, 0.29) is 18.9 Å². The summed E-state index contributed by atoms with van der Waals surface area (Å²) in [7, 11) is 1.61. The number of halogens is 1. The van der Waals surface area contributed by atoms with Crippen molar-refractivity contribution in [2.75, 3.05) is 6.54 Å². The third-order valence-electron chi connectivity index (χ3n) is 2.53. The number of hydrogen-bond donors (Lipinski definition) is 0. The van der Waals surface area contributed by atoms with Gasteiger partial charge in [-0.25, -0.2) is 8.42 Å². The van der Waals surface area contributed by atoms with Crippen LogP contribution in [-0.4, -0.2) is 31.0 Å². The molecule has 0 spiro atoms. The summed E-state index contributed by atoms with van der Waals surface area (Å²) < 4.78 is 22.2. The average molecular weight is 280 g/mol. The number of amides is 1. The fraction of sp³-hybridized carbons (Fsp3) is 0.444. The minimum atomic E-state index is -3.63. The summed E-state index contributed by atoms with van der Waals surface area (Å²) in [5, 5.41) is 3.10. The first kappa shape index (κ1) is 11.9. The Bertz CT molecular complexity index is 483. The van der Waals surface area contributed by atoms with Gasteiger partial charge in [-0.1, -0.05) is 0 Å². The lowest BCUT2D eigenvalue weighted by Crippen LogP contribution is -2.26. The van der Waals surface area contributed by atoms with Gasteiger partial charge in [0.15, 0.2) is 0 Å². The summed E-state index contributed by atoms with van der Waals surface area (Å²) >= 11 is 1.55. The highest BCUT2D eigenvalue weighted by Gasteiger charge is 2.37. The van der Waals surface area contributed by atoms with Crippen LogP contribution in [0.2, 0.25) is 0 Å². The van der Waals surface area contributed by atoms with Crippen molar-refractivity contribution in [2.24, 2.45) is 0 Å². The molecule has 16 heavy (non-hydrogen) atoms. The molecule has 4 nitrogen and oxygen atoms in total. The van der Waals surface area contributed by atoms with Crippen LogP contribution < -0.4 is 0 Å². The number of carbonyl (C=O) groups is 1. The van der Waals surface area contributed by atoms with E-state index in [2.05, 4.69) is 0 Å². The van der Waals surface area contributed by atoms with Crippen LogP contribution in [0.1, 0.15) is 12.0 Å². The summed E-state index contributed by atoms with van der Waals surface area (Å²) in [4.78, 5) is 13.1. The molecule has 2 heterocycles. The SMILES string of the molecule is O=C1CC(S(=O)(=O)Cl)CN1Cc1ccsc1. The average Bonchev–Trinajstić information content (AvgIpc) is 2.76. The van der Waals surface area contributed by atoms with Gasteiger partial charge < -0.3 is 4.90 Å². The Kier molecular flexibility index (Phi) is 3.23. The lowest BCUT2D eigenvalue weighted by atomic mass is 10.3. The van der Waals surface area contributed by atoms with Gasteiger partial charge in [0.2, 0.25) is 15.0 Å². The Balaban J connectivity index is 2.06. The Hall–Kier alpha value is -0.590. The summed E-state index contributed by atoms with van der Waals surface area (Å²) in [5.41, 5.74) is 1.02. The molecule has 1 atom stereocenters. The first-order chi connectivity index (χ1) is 7.47. The predicted octanol–water partition coefficient (Wildman–Crippen LogP) is 1.42. The van der Waals surface area contributed by atoms with E-state index in [1.807, 2.05) is 16.8 Å². The maximum absolute atomic E-state index is 11.6. The molecule has 0 N–H and O–H groups in total. The lowest BCUT2D eigenvalue weighted by molar-refractivity contribution is -0.128. The van der Waals surface area contributed by atoms with Crippen molar-refractivity contribution in [3.63, 3.8) is 0 Å². The Morgan fingerprint density at radius 2 is 2.31 bits per heavy atom. The summed E-state index contributed by atoms with van der Waals surface area (Å²) in [5.74, 6) is -0.152. The van der Waals surface area contributed by atoms with Crippen LogP contribution in [0.15, 0.2) is 16.8 Å². The molecule has 7 heteroatoms. The number of likely N-dealkylation sites (tertiary alicyclic amines) is 1. The van der Waals surface area contributed by atoms with Gasteiger partial charge in [0.1, 0.15) is 5.25 Å². The van der Waals surface area contributed by atoms with E-state index in [9.17, 15) is 13.2 Å². The van der Waals surface area contributed by atoms with Crippen molar-refractivity contribution in [3.05, 3.63) is 22.4 Å². The summed E-state index contributed by atoms with van der Waals surface area (Å²) in [6.07, 6.45) is -0.00400. The molecule has 1 aliphatic heterocycles. The largest absolute Gasteiger partial charge is 0.337 e. The number of hydrogen-bond acceptors (Lipinski definition) is 4. The molecule has 1 aromatic rings. The number of rotatable bonds is 3. The minimum Gasteiger partial charge on any atom is -0.337 e. The highest BCUT2D eigenvalue weighted by atomic mass is 35.7. The van der Waals surface area contributed by atoms with E-state index in [4.69, 9.17) is 10.7 Å². The monoisotopic (exact) mass is 279 g/mol. The fourth-order valence-electron chi connectivity index (χ4n) is 1.68. The predicted molar refractivity (Wildman–Crippen MR) is 62.9 cm³/mol. The molecular formula is C9H10ClNO3S2. The molecular weight excluding hydrogens is 270 g/mol. The van der Waals surface area contributed by atoms with E-state index in [0.29, 0.717) is 6.54 Å². The molecule has 0 aliphatic carbocycles. The van der Waals surface area contributed by atoms with E-state index in [1.54, 1.807) is 11.3 Å². The minimum absolute atomic E-state index is 0.00400. The van der Waals surface area contributed by atoms with Crippen molar-refractivity contribution >= 4 is 37.0 Å². The van der Waals surface area contributed by atoms with Crippen molar-refractivity contribution < 1.29 is 13.2 Å². The standard InChI is InChI=1S/C9H10ClNO3S2/c10-16(13,14)8-3-9(12)11(5-8)4-7-1-2-15-6-7/h1-2,6,8H,3-5H2. The molecule has 0 saturated carbocycles. The van der Waals surface area contributed by atoms with Gasteiger partial charge in [0.05, 0.1) is 0 Å². The Labute approximate surface area is 102 Å². The second kappa shape index (κ2) is 4.35. The highest BCUT2D eigenvalue weighted by molar-refractivity contribution is 8.14. The van der Waals surface area contributed by atoms with Gasteiger partial charge in [0.25, 0.3) is 0 Å². The van der Waals surface area contributed by atoms with Gasteiger partial charge in [-0.15, -0.1) is 0 Å². The molecule has 2 rings (SSSR count). The van der Waals surface area contributed by atoms with Crippen molar-refractivity contribution in [1.82, 2.24) is 4.90 Å². The molecule has 0 radical (unpaired) electrons. The van der Waals surface area contributed by atoms with Crippen LogP contribution >= 0.6 is 22.0 Å². The van der Waals surface area contributed by atoms with Crippen molar-refractivity contribution in [2.45, 2.75) is 18.2 Å². The van der Waals surface area contributed by atoms with Crippen molar-refractivity contribution in [1.29, 1.82) is 0 Å². The fourth-order valence-corrected chi connectivity index (χ4v) is 3.40. The zero-order chi connectivity index (χ0) is 11.8.